The molecule has 1 aromatic heterocycles. The monoisotopic (exact) mass is 189 g/mol. The zero-order valence-electron chi connectivity index (χ0n) is 8.53. The second-order valence-corrected chi connectivity index (χ2v) is 4.02. The number of nitrogens with zero attached hydrogens (tertiary/aromatic N) is 3. The summed E-state index contributed by atoms with van der Waals surface area (Å²) in [6.07, 6.45) is 7.58. The quantitative estimate of drug-likeness (QED) is 0.715. The normalized spacial score (nSPS) is 17.1. The van der Waals surface area contributed by atoms with Crippen molar-refractivity contribution in [1.82, 2.24) is 9.55 Å². The Bertz CT molecular complexity index is 353. The molecular formula is C11H15N3. The van der Waals surface area contributed by atoms with Crippen LogP contribution in [0.3, 0.4) is 0 Å². The van der Waals surface area contributed by atoms with E-state index in [0.29, 0.717) is 12.3 Å². The fourth-order valence-corrected chi connectivity index (χ4v) is 2.27. The minimum Gasteiger partial charge on any atom is -0.337 e. The first kappa shape index (κ1) is 9.26. The van der Waals surface area contributed by atoms with E-state index in [9.17, 15) is 0 Å². The van der Waals surface area contributed by atoms with Crippen molar-refractivity contribution in [3.05, 3.63) is 17.7 Å². The summed E-state index contributed by atoms with van der Waals surface area (Å²) in [5.74, 6) is 1.81. The van der Waals surface area contributed by atoms with Gasteiger partial charge in [-0.3, -0.25) is 0 Å². The molecule has 0 radical (unpaired) electrons. The van der Waals surface area contributed by atoms with Gasteiger partial charge in [-0.1, -0.05) is 12.8 Å². The molecule has 0 N–H and O–H groups in total. The van der Waals surface area contributed by atoms with Crippen LogP contribution in [-0.2, 0) is 13.5 Å². The van der Waals surface area contributed by atoms with Gasteiger partial charge in [-0.2, -0.15) is 5.26 Å². The summed E-state index contributed by atoms with van der Waals surface area (Å²) in [6, 6.07) is 2.14. The highest BCUT2D eigenvalue weighted by Gasteiger charge is 2.21. The van der Waals surface area contributed by atoms with Crippen molar-refractivity contribution in [3.63, 3.8) is 0 Å². The summed E-state index contributed by atoms with van der Waals surface area (Å²) in [5, 5.41) is 8.59. The average Bonchev–Trinajstić information content (AvgIpc) is 2.74. The molecule has 0 unspecified atom stereocenters. The van der Waals surface area contributed by atoms with Crippen molar-refractivity contribution in [2.75, 3.05) is 0 Å². The zero-order chi connectivity index (χ0) is 9.97. The molecule has 0 bridgehead atoms. The Labute approximate surface area is 84.4 Å². The predicted octanol–water partition coefficient (Wildman–Crippen LogP) is 2.14. The van der Waals surface area contributed by atoms with Gasteiger partial charge in [-0.05, 0) is 12.8 Å². The van der Waals surface area contributed by atoms with Crippen LogP contribution < -0.4 is 0 Å². The average molecular weight is 189 g/mol. The van der Waals surface area contributed by atoms with E-state index < -0.39 is 0 Å². The van der Waals surface area contributed by atoms with Gasteiger partial charge in [0.15, 0.2) is 0 Å². The third kappa shape index (κ3) is 1.65. The molecule has 0 aromatic carbocycles. The molecular weight excluding hydrogens is 174 g/mol. The molecule has 0 saturated heterocycles. The SMILES string of the molecule is Cn1cc(CC#N)nc1C1CCCC1. The molecule has 2 rings (SSSR count). The standard InChI is InChI=1S/C11H15N3/c1-14-8-10(6-7-12)13-11(14)9-4-2-3-5-9/h8-9H,2-6H2,1H3. The molecule has 1 saturated carbocycles. The Morgan fingerprint density at radius 3 is 2.93 bits per heavy atom. The molecule has 74 valence electrons. The van der Waals surface area contributed by atoms with Crippen LogP contribution in [0.1, 0.15) is 43.1 Å². The van der Waals surface area contributed by atoms with E-state index in [4.69, 9.17) is 5.26 Å². The molecule has 3 heteroatoms. The molecule has 3 nitrogen and oxygen atoms in total. The van der Waals surface area contributed by atoms with Gasteiger partial charge in [-0.15, -0.1) is 0 Å². The van der Waals surface area contributed by atoms with Gasteiger partial charge in [0.2, 0.25) is 0 Å². The highest BCUT2D eigenvalue weighted by molar-refractivity contribution is 5.12. The van der Waals surface area contributed by atoms with E-state index in [-0.39, 0.29) is 0 Å². The molecule has 1 aromatic rings. The predicted molar refractivity (Wildman–Crippen MR) is 53.7 cm³/mol. The van der Waals surface area contributed by atoms with Gasteiger partial charge in [0.1, 0.15) is 5.82 Å². The molecule has 1 heterocycles. The second-order valence-electron chi connectivity index (χ2n) is 4.02. The molecule has 0 amide bonds. The number of imidazole rings is 1. The van der Waals surface area contributed by atoms with Gasteiger partial charge in [0.05, 0.1) is 18.2 Å². The van der Waals surface area contributed by atoms with E-state index in [1.807, 2.05) is 13.2 Å². The maximum atomic E-state index is 8.59. The lowest BCUT2D eigenvalue weighted by molar-refractivity contribution is 0.632. The van der Waals surface area contributed by atoms with Crippen molar-refractivity contribution in [2.24, 2.45) is 7.05 Å². The van der Waals surface area contributed by atoms with E-state index >= 15 is 0 Å². The fourth-order valence-electron chi connectivity index (χ4n) is 2.27. The van der Waals surface area contributed by atoms with Crippen LogP contribution in [0, 0.1) is 11.3 Å². The van der Waals surface area contributed by atoms with Gasteiger partial charge in [0, 0.05) is 19.2 Å². The summed E-state index contributed by atoms with van der Waals surface area (Å²) >= 11 is 0. The number of rotatable bonds is 2. The van der Waals surface area contributed by atoms with E-state index in [1.54, 1.807) is 0 Å². The summed E-state index contributed by atoms with van der Waals surface area (Å²) < 4.78 is 2.09. The third-order valence-corrected chi connectivity index (χ3v) is 2.94. The number of nitriles is 1. The molecule has 1 aliphatic rings. The van der Waals surface area contributed by atoms with E-state index in [2.05, 4.69) is 15.6 Å². The fraction of sp³-hybridized carbons (Fsp3) is 0.636. The Balaban J connectivity index is 2.20. The molecule has 0 atom stereocenters. The van der Waals surface area contributed by atoms with Crippen LogP contribution in [0.15, 0.2) is 6.20 Å². The van der Waals surface area contributed by atoms with Gasteiger partial charge in [-0.25, -0.2) is 4.98 Å². The first-order valence-corrected chi connectivity index (χ1v) is 5.20. The zero-order valence-corrected chi connectivity index (χ0v) is 8.53. The topological polar surface area (TPSA) is 41.6 Å². The smallest absolute Gasteiger partial charge is 0.111 e. The highest BCUT2D eigenvalue weighted by Crippen LogP contribution is 2.33. The van der Waals surface area contributed by atoms with Crippen molar-refractivity contribution in [3.8, 4) is 6.07 Å². The largest absolute Gasteiger partial charge is 0.337 e. The summed E-state index contributed by atoms with van der Waals surface area (Å²) in [5.41, 5.74) is 0.914. The second kappa shape index (κ2) is 3.83. The maximum Gasteiger partial charge on any atom is 0.111 e. The van der Waals surface area contributed by atoms with Crippen LogP contribution in [0.4, 0.5) is 0 Å². The van der Waals surface area contributed by atoms with E-state index in [0.717, 1.165) is 5.69 Å². The Hall–Kier alpha value is -1.30. The highest BCUT2D eigenvalue weighted by atomic mass is 15.1. The van der Waals surface area contributed by atoms with E-state index in [1.165, 1.54) is 31.5 Å². The number of hydrogen-bond donors (Lipinski definition) is 0. The molecule has 0 spiro atoms. The lowest BCUT2D eigenvalue weighted by Crippen LogP contribution is -2.01. The number of aryl methyl sites for hydroxylation is 1. The minimum atomic E-state index is 0.431. The van der Waals surface area contributed by atoms with Crippen molar-refractivity contribution < 1.29 is 0 Å². The maximum absolute atomic E-state index is 8.59. The number of aromatic nitrogens is 2. The van der Waals surface area contributed by atoms with Crippen LogP contribution in [0.5, 0.6) is 0 Å². The van der Waals surface area contributed by atoms with Gasteiger partial charge in [0.25, 0.3) is 0 Å². The van der Waals surface area contributed by atoms with Crippen LogP contribution in [-0.4, -0.2) is 9.55 Å². The Morgan fingerprint density at radius 2 is 2.29 bits per heavy atom. The van der Waals surface area contributed by atoms with Crippen LogP contribution in [0.25, 0.3) is 0 Å². The van der Waals surface area contributed by atoms with Crippen molar-refractivity contribution >= 4 is 0 Å². The Morgan fingerprint density at radius 1 is 1.57 bits per heavy atom. The first-order chi connectivity index (χ1) is 6.81. The molecule has 1 aliphatic carbocycles. The molecule has 14 heavy (non-hydrogen) atoms. The van der Waals surface area contributed by atoms with Crippen LogP contribution in [0.2, 0.25) is 0 Å². The lowest BCUT2D eigenvalue weighted by Gasteiger charge is -2.07. The molecule has 0 aliphatic heterocycles. The Kier molecular flexibility index (Phi) is 2.53. The lowest BCUT2D eigenvalue weighted by atomic mass is 10.1. The first-order valence-electron chi connectivity index (χ1n) is 5.20. The third-order valence-electron chi connectivity index (χ3n) is 2.94. The van der Waals surface area contributed by atoms with Crippen molar-refractivity contribution in [2.45, 2.75) is 38.0 Å². The summed E-state index contributed by atoms with van der Waals surface area (Å²) in [4.78, 5) is 4.52. The van der Waals surface area contributed by atoms with Gasteiger partial charge < -0.3 is 4.57 Å². The van der Waals surface area contributed by atoms with Crippen LogP contribution >= 0.6 is 0 Å². The van der Waals surface area contributed by atoms with Crippen molar-refractivity contribution in [1.29, 1.82) is 5.26 Å². The van der Waals surface area contributed by atoms with Gasteiger partial charge >= 0.3 is 0 Å². The summed E-state index contributed by atoms with van der Waals surface area (Å²) in [7, 11) is 2.03. The summed E-state index contributed by atoms with van der Waals surface area (Å²) in [6.45, 7) is 0. The number of hydrogen-bond acceptors (Lipinski definition) is 2. The molecule has 1 fully saturated rings. The minimum absolute atomic E-state index is 0.431.